The fraction of sp³-hybridized carbons (Fsp3) is 0.571. The van der Waals surface area contributed by atoms with Crippen molar-refractivity contribution in [3.63, 3.8) is 0 Å². The molecule has 1 aromatic rings. The van der Waals surface area contributed by atoms with Crippen LogP contribution in [-0.2, 0) is 4.79 Å². The van der Waals surface area contributed by atoms with Gasteiger partial charge in [0.25, 0.3) is 5.91 Å². The number of amides is 2. The quantitative estimate of drug-likeness (QED) is 0.753. The predicted octanol–water partition coefficient (Wildman–Crippen LogP) is 1.99. The summed E-state index contributed by atoms with van der Waals surface area (Å²) in [5, 5.41) is 12.5. The molecular formula is C21H31N5O2. The summed E-state index contributed by atoms with van der Waals surface area (Å²) in [6, 6.07) is 7.79. The Morgan fingerprint density at radius 2 is 1.86 bits per heavy atom. The van der Waals surface area contributed by atoms with Gasteiger partial charge in [-0.05, 0) is 50.5 Å². The van der Waals surface area contributed by atoms with Crippen molar-refractivity contribution in [1.29, 1.82) is 0 Å². The minimum absolute atomic E-state index is 0.0354. The van der Waals surface area contributed by atoms with Crippen LogP contribution in [0.1, 0.15) is 49.9 Å². The highest BCUT2D eigenvalue weighted by Crippen LogP contribution is 2.20. The third kappa shape index (κ3) is 5.55. The van der Waals surface area contributed by atoms with Crippen molar-refractivity contribution < 1.29 is 9.59 Å². The van der Waals surface area contributed by atoms with Crippen molar-refractivity contribution in [3.8, 4) is 0 Å². The SMILES string of the molecule is CCCNC(=O)CN1CCC(NC(=O)c2ccc(N3CCC(C)=N3)cc2)CC1. The number of hydrogen-bond donors (Lipinski definition) is 2. The van der Waals surface area contributed by atoms with Gasteiger partial charge in [0.2, 0.25) is 5.91 Å². The lowest BCUT2D eigenvalue weighted by Gasteiger charge is -2.31. The van der Waals surface area contributed by atoms with Crippen LogP contribution in [0.4, 0.5) is 5.69 Å². The minimum atomic E-state index is -0.0354. The number of likely N-dealkylation sites (tertiary alicyclic amines) is 1. The van der Waals surface area contributed by atoms with E-state index in [1.54, 1.807) is 0 Å². The Balaban J connectivity index is 1.43. The molecular weight excluding hydrogens is 354 g/mol. The summed E-state index contributed by atoms with van der Waals surface area (Å²) in [5.41, 5.74) is 2.82. The number of benzene rings is 1. The van der Waals surface area contributed by atoms with Gasteiger partial charge in [-0.2, -0.15) is 5.10 Å². The summed E-state index contributed by atoms with van der Waals surface area (Å²) >= 11 is 0. The lowest BCUT2D eigenvalue weighted by Crippen LogP contribution is -2.47. The molecule has 0 aliphatic carbocycles. The predicted molar refractivity (Wildman–Crippen MR) is 112 cm³/mol. The molecule has 2 aliphatic heterocycles. The van der Waals surface area contributed by atoms with Crippen molar-refractivity contribution in [2.75, 3.05) is 37.7 Å². The lowest BCUT2D eigenvalue weighted by atomic mass is 10.0. The topological polar surface area (TPSA) is 77.0 Å². The zero-order chi connectivity index (χ0) is 19.9. The molecule has 2 heterocycles. The molecule has 2 N–H and O–H groups in total. The van der Waals surface area contributed by atoms with Gasteiger partial charge in [0.05, 0.1) is 12.2 Å². The molecule has 7 nitrogen and oxygen atoms in total. The number of piperidine rings is 1. The van der Waals surface area contributed by atoms with E-state index in [4.69, 9.17) is 0 Å². The number of nitrogens with zero attached hydrogens (tertiary/aromatic N) is 3. The summed E-state index contributed by atoms with van der Waals surface area (Å²) in [6.45, 7) is 7.81. The Labute approximate surface area is 167 Å². The van der Waals surface area contributed by atoms with Crippen LogP contribution in [-0.4, -0.2) is 61.2 Å². The molecule has 0 bridgehead atoms. The Morgan fingerprint density at radius 3 is 2.46 bits per heavy atom. The average Bonchev–Trinajstić information content (AvgIpc) is 3.14. The molecule has 0 atom stereocenters. The van der Waals surface area contributed by atoms with Gasteiger partial charge < -0.3 is 10.6 Å². The first-order valence-corrected chi connectivity index (χ1v) is 10.3. The van der Waals surface area contributed by atoms with Crippen LogP contribution in [0.15, 0.2) is 29.4 Å². The molecule has 1 aromatic carbocycles. The molecule has 28 heavy (non-hydrogen) atoms. The first-order chi connectivity index (χ1) is 13.5. The molecule has 7 heteroatoms. The van der Waals surface area contributed by atoms with Gasteiger partial charge in [-0.1, -0.05) is 6.92 Å². The van der Waals surface area contributed by atoms with Gasteiger partial charge in [-0.3, -0.25) is 19.5 Å². The Kier molecular flexibility index (Phi) is 7.03. The van der Waals surface area contributed by atoms with Crippen LogP contribution in [0.3, 0.4) is 0 Å². The van der Waals surface area contributed by atoms with Crippen molar-refractivity contribution in [2.45, 2.75) is 45.6 Å². The Bertz CT molecular complexity index is 708. The minimum Gasteiger partial charge on any atom is -0.355 e. The van der Waals surface area contributed by atoms with Crippen molar-refractivity contribution in [1.82, 2.24) is 15.5 Å². The highest BCUT2D eigenvalue weighted by molar-refractivity contribution is 5.94. The summed E-state index contributed by atoms with van der Waals surface area (Å²) in [5.74, 6) is 0.0498. The van der Waals surface area contributed by atoms with E-state index in [0.717, 1.165) is 63.3 Å². The van der Waals surface area contributed by atoms with Crippen LogP contribution in [0, 0.1) is 0 Å². The van der Waals surface area contributed by atoms with Crippen LogP contribution in [0.5, 0.6) is 0 Å². The molecule has 0 aromatic heterocycles. The third-order valence-corrected chi connectivity index (χ3v) is 5.27. The zero-order valence-electron chi connectivity index (χ0n) is 16.9. The number of nitrogens with one attached hydrogen (secondary N) is 2. The standard InChI is InChI=1S/C21H31N5O2/c1-3-11-22-20(27)15-25-12-9-18(10-13-25)23-21(28)17-4-6-19(7-5-17)26-14-8-16(2)24-26/h4-7,18H,3,8-15H2,1-2H3,(H,22,27)(H,23,28). The average molecular weight is 386 g/mol. The number of rotatable bonds is 7. The van der Waals surface area contributed by atoms with Crippen LogP contribution in [0.25, 0.3) is 0 Å². The first kappa shape index (κ1) is 20.3. The maximum absolute atomic E-state index is 12.5. The monoisotopic (exact) mass is 385 g/mol. The van der Waals surface area contributed by atoms with Crippen LogP contribution in [0.2, 0.25) is 0 Å². The van der Waals surface area contributed by atoms with Gasteiger partial charge in [0, 0.05) is 49.9 Å². The van der Waals surface area contributed by atoms with E-state index in [9.17, 15) is 9.59 Å². The molecule has 0 saturated carbocycles. The first-order valence-electron chi connectivity index (χ1n) is 10.3. The molecule has 152 valence electrons. The Morgan fingerprint density at radius 1 is 1.14 bits per heavy atom. The van der Waals surface area contributed by atoms with E-state index >= 15 is 0 Å². The van der Waals surface area contributed by atoms with Gasteiger partial charge >= 0.3 is 0 Å². The second-order valence-electron chi connectivity index (χ2n) is 7.63. The van der Waals surface area contributed by atoms with Gasteiger partial charge in [-0.15, -0.1) is 0 Å². The summed E-state index contributed by atoms with van der Waals surface area (Å²) in [7, 11) is 0. The second-order valence-corrected chi connectivity index (χ2v) is 7.63. The lowest BCUT2D eigenvalue weighted by molar-refractivity contribution is -0.122. The molecule has 1 saturated heterocycles. The fourth-order valence-corrected chi connectivity index (χ4v) is 3.57. The van der Waals surface area contributed by atoms with E-state index in [2.05, 4.69) is 20.6 Å². The number of anilines is 1. The summed E-state index contributed by atoms with van der Waals surface area (Å²) in [4.78, 5) is 26.5. The van der Waals surface area contributed by atoms with E-state index in [-0.39, 0.29) is 17.9 Å². The molecule has 3 rings (SSSR count). The Hall–Kier alpha value is -2.41. The second kappa shape index (κ2) is 9.68. The van der Waals surface area contributed by atoms with Crippen LogP contribution >= 0.6 is 0 Å². The smallest absolute Gasteiger partial charge is 0.251 e. The summed E-state index contributed by atoms with van der Waals surface area (Å²) in [6.07, 6.45) is 3.67. The van der Waals surface area contributed by atoms with Crippen LogP contribution < -0.4 is 15.6 Å². The molecule has 2 amide bonds. The van der Waals surface area contributed by atoms with Crippen molar-refractivity contribution in [3.05, 3.63) is 29.8 Å². The van der Waals surface area contributed by atoms with E-state index in [1.165, 1.54) is 0 Å². The van der Waals surface area contributed by atoms with E-state index in [0.29, 0.717) is 12.1 Å². The van der Waals surface area contributed by atoms with Gasteiger partial charge in [0.15, 0.2) is 0 Å². The van der Waals surface area contributed by atoms with E-state index < -0.39 is 0 Å². The maximum Gasteiger partial charge on any atom is 0.251 e. The van der Waals surface area contributed by atoms with Crippen molar-refractivity contribution in [2.24, 2.45) is 5.10 Å². The highest BCUT2D eigenvalue weighted by atomic mass is 16.2. The van der Waals surface area contributed by atoms with Gasteiger partial charge in [-0.25, -0.2) is 0 Å². The highest BCUT2D eigenvalue weighted by Gasteiger charge is 2.22. The largest absolute Gasteiger partial charge is 0.355 e. The molecule has 0 radical (unpaired) electrons. The fourth-order valence-electron chi connectivity index (χ4n) is 3.57. The number of hydrazone groups is 1. The third-order valence-electron chi connectivity index (χ3n) is 5.27. The molecule has 0 spiro atoms. The number of carbonyl (C=O) groups is 2. The van der Waals surface area contributed by atoms with Gasteiger partial charge in [0.1, 0.15) is 0 Å². The number of carbonyl (C=O) groups excluding carboxylic acids is 2. The zero-order valence-corrected chi connectivity index (χ0v) is 16.9. The number of hydrogen-bond acceptors (Lipinski definition) is 5. The van der Waals surface area contributed by atoms with Crippen molar-refractivity contribution >= 4 is 23.2 Å². The van der Waals surface area contributed by atoms with E-state index in [1.807, 2.05) is 43.1 Å². The molecule has 2 aliphatic rings. The summed E-state index contributed by atoms with van der Waals surface area (Å²) < 4.78 is 0. The maximum atomic E-state index is 12.5. The molecule has 0 unspecified atom stereocenters. The normalized spacial score (nSPS) is 18.1. The molecule has 1 fully saturated rings.